The fourth-order valence-corrected chi connectivity index (χ4v) is 3.59. The normalized spacial score (nSPS) is 15.4. The second kappa shape index (κ2) is 8.85. The molecule has 0 atom stereocenters. The summed E-state index contributed by atoms with van der Waals surface area (Å²) in [5.41, 5.74) is 2.93. The lowest BCUT2D eigenvalue weighted by molar-refractivity contribution is -0.130. The van der Waals surface area contributed by atoms with Crippen LogP contribution < -0.4 is 0 Å². The second-order valence-electron chi connectivity index (χ2n) is 7.18. The van der Waals surface area contributed by atoms with Crippen molar-refractivity contribution in [3.8, 4) is 11.5 Å². The lowest BCUT2D eigenvalue weighted by atomic mass is 10.2. The average Bonchev–Trinajstić information content (AvgIpc) is 3.07. The van der Waals surface area contributed by atoms with Gasteiger partial charge < -0.3 is 9.32 Å². The van der Waals surface area contributed by atoms with Crippen molar-refractivity contribution in [3.05, 3.63) is 78.2 Å². The van der Waals surface area contributed by atoms with Crippen LogP contribution >= 0.6 is 0 Å². The Balaban J connectivity index is 1.32. The third kappa shape index (κ3) is 4.67. The van der Waals surface area contributed by atoms with Gasteiger partial charge in [-0.1, -0.05) is 48.5 Å². The molecule has 1 fully saturated rings. The fraction of sp³-hybridized carbons (Fsp3) is 0.304. The number of carbonyl (C=O) groups is 1. The van der Waals surface area contributed by atoms with E-state index in [2.05, 4.69) is 34.1 Å². The van der Waals surface area contributed by atoms with Crippen molar-refractivity contribution < 1.29 is 9.21 Å². The van der Waals surface area contributed by atoms with E-state index in [1.807, 2.05) is 41.3 Å². The molecule has 3 aromatic rings. The maximum Gasteiger partial charge on any atom is 0.228 e. The molecule has 4 rings (SSSR count). The van der Waals surface area contributed by atoms with Gasteiger partial charge in [-0.2, -0.15) is 0 Å². The first-order chi connectivity index (χ1) is 13.8. The Kier molecular flexibility index (Phi) is 5.83. The van der Waals surface area contributed by atoms with Crippen LogP contribution in [0.15, 0.2) is 71.3 Å². The molecule has 0 unspecified atom stereocenters. The molecule has 0 spiro atoms. The van der Waals surface area contributed by atoms with Crippen LogP contribution in [0.2, 0.25) is 0 Å². The van der Waals surface area contributed by atoms with E-state index in [9.17, 15) is 4.79 Å². The van der Waals surface area contributed by atoms with Gasteiger partial charge in [0, 0.05) is 38.3 Å². The van der Waals surface area contributed by atoms with E-state index >= 15 is 0 Å². The molecule has 0 aliphatic carbocycles. The number of aromatic nitrogens is 1. The second-order valence-corrected chi connectivity index (χ2v) is 7.18. The van der Waals surface area contributed by atoms with Crippen molar-refractivity contribution in [3.63, 3.8) is 0 Å². The van der Waals surface area contributed by atoms with Gasteiger partial charge in [0.2, 0.25) is 11.8 Å². The first kappa shape index (κ1) is 18.4. The van der Waals surface area contributed by atoms with Gasteiger partial charge in [-0.15, -0.1) is 0 Å². The van der Waals surface area contributed by atoms with Crippen molar-refractivity contribution in [1.29, 1.82) is 0 Å². The molecule has 0 radical (unpaired) electrons. The van der Waals surface area contributed by atoms with Crippen LogP contribution in [0.5, 0.6) is 0 Å². The monoisotopic (exact) mass is 375 g/mol. The molecule has 0 N–H and O–H groups in total. The van der Waals surface area contributed by atoms with E-state index in [-0.39, 0.29) is 12.3 Å². The Morgan fingerprint density at radius 1 is 0.929 bits per heavy atom. The van der Waals surface area contributed by atoms with Crippen molar-refractivity contribution in [2.75, 3.05) is 26.2 Å². The highest BCUT2D eigenvalue weighted by atomic mass is 16.3. The number of carbonyl (C=O) groups excluding carboxylic acids is 1. The molecule has 0 bridgehead atoms. The summed E-state index contributed by atoms with van der Waals surface area (Å²) in [6, 6.07) is 20.3. The Morgan fingerprint density at radius 3 is 2.46 bits per heavy atom. The molecular formula is C23H25N3O2. The first-order valence-corrected chi connectivity index (χ1v) is 9.82. The molecule has 1 saturated heterocycles. The van der Waals surface area contributed by atoms with Crippen LogP contribution in [0.1, 0.15) is 17.7 Å². The average molecular weight is 375 g/mol. The van der Waals surface area contributed by atoms with Gasteiger partial charge in [0.25, 0.3) is 0 Å². The van der Waals surface area contributed by atoms with Gasteiger partial charge in [-0.05, 0) is 24.1 Å². The molecule has 1 aliphatic rings. The number of oxazole rings is 1. The smallest absolute Gasteiger partial charge is 0.228 e. The van der Waals surface area contributed by atoms with E-state index in [1.54, 1.807) is 6.26 Å². The molecule has 1 amide bonds. The summed E-state index contributed by atoms with van der Waals surface area (Å²) in [6.07, 6.45) is 2.88. The molecule has 5 heteroatoms. The summed E-state index contributed by atoms with van der Waals surface area (Å²) in [7, 11) is 0. The number of nitrogens with zero attached hydrogens (tertiary/aromatic N) is 3. The lowest BCUT2D eigenvalue weighted by Crippen LogP contribution is -2.36. The van der Waals surface area contributed by atoms with E-state index in [0.717, 1.165) is 44.7 Å². The van der Waals surface area contributed by atoms with Gasteiger partial charge in [0.15, 0.2) is 0 Å². The Bertz CT molecular complexity index is 892. The van der Waals surface area contributed by atoms with Gasteiger partial charge in [-0.3, -0.25) is 9.69 Å². The highest BCUT2D eigenvalue weighted by molar-refractivity contribution is 5.78. The third-order valence-corrected chi connectivity index (χ3v) is 5.10. The summed E-state index contributed by atoms with van der Waals surface area (Å²) in [6.45, 7) is 4.41. The van der Waals surface area contributed by atoms with Crippen LogP contribution in [-0.4, -0.2) is 46.9 Å². The zero-order valence-corrected chi connectivity index (χ0v) is 16.0. The van der Waals surface area contributed by atoms with Gasteiger partial charge in [0.05, 0.1) is 12.1 Å². The summed E-state index contributed by atoms with van der Waals surface area (Å²) >= 11 is 0. The van der Waals surface area contributed by atoms with Gasteiger partial charge in [0.1, 0.15) is 6.26 Å². The molecule has 2 aromatic carbocycles. The minimum Gasteiger partial charge on any atom is -0.444 e. The minimum absolute atomic E-state index is 0.120. The fourth-order valence-electron chi connectivity index (χ4n) is 3.59. The Morgan fingerprint density at radius 2 is 1.68 bits per heavy atom. The predicted molar refractivity (Wildman–Crippen MR) is 109 cm³/mol. The molecule has 1 aromatic heterocycles. The maximum atomic E-state index is 12.8. The molecule has 2 heterocycles. The quantitative estimate of drug-likeness (QED) is 0.683. The van der Waals surface area contributed by atoms with Crippen LogP contribution in [0.25, 0.3) is 11.5 Å². The van der Waals surface area contributed by atoms with Crippen LogP contribution in [0, 0.1) is 0 Å². The van der Waals surface area contributed by atoms with E-state index < -0.39 is 0 Å². The number of hydrogen-bond acceptors (Lipinski definition) is 4. The zero-order chi connectivity index (χ0) is 19.2. The van der Waals surface area contributed by atoms with E-state index in [0.29, 0.717) is 11.6 Å². The minimum atomic E-state index is 0.120. The summed E-state index contributed by atoms with van der Waals surface area (Å²) < 4.78 is 5.56. The summed E-state index contributed by atoms with van der Waals surface area (Å²) in [5.74, 6) is 0.683. The number of hydrogen-bond donors (Lipinski definition) is 0. The number of benzene rings is 2. The van der Waals surface area contributed by atoms with E-state index in [1.165, 1.54) is 5.56 Å². The lowest BCUT2D eigenvalue weighted by Gasteiger charge is -2.22. The van der Waals surface area contributed by atoms with Crippen LogP contribution in [0.3, 0.4) is 0 Å². The largest absolute Gasteiger partial charge is 0.444 e. The topological polar surface area (TPSA) is 49.6 Å². The SMILES string of the molecule is O=C(Cc1coc(-c2ccccc2)n1)N1CCCN(Cc2ccccc2)CC1. The molecule has 0 saturated carbocycles. The first-order valence-electron chi connectivity index (χ1n) is 9.82. The Hall–Kier alpha value is -2.92. The maximum absolute atomic E-state index is 12.8. The van der Waals surface area contributed by atoms with Crippen molar-refractivity contribution in [1.82, 2.24) is 14.8 Å². The highest BCUT2D eigenvalue weighted by Gasteiger charge is 2.20. The van der Waals surface area contributed by atoms with Crippen LogP contribution in [0.4, 0.5) is 0 Å². The van der Waals surface area contributed by atoms with Crippen molar-refractivity contribution in [2.45, 2.75) is 19.4 Å². The van der Waals surface area contributed by atoms with Crippen LogP contribution in [-0.2, 0) is 17.8 Å². The molecule has 144 valence electrons. The standard InChI is InChI=1S/C23H25N3O2/c27-22(16-21-18-28-23(24-21)20-10-5-2-6-11-20)26-13-7-12-25(14-15-26)17-19-8-3-1-4-9-19/h1-6,8-11,18H,7,12-17H2. The van der Waals surface area contributed by atoms with E-state index in [4.69, 9.17) is 4.42 Å². The highest BCUT2D eigenvalue weighted by Crippen LogP contribution is 2.18. The van der Waals surface area contributed by atoms with Crippen molar-refractivity contribution in [2.24, 2.45) is 0 Å². The summed E-state index contributed by atoms with van der Waals surface area (Å²) in [5, 5.41) is 0. The third-order valence-electron chi connectivity index (χ3n) is 5.10. The molecular weight excluding hydrogens is 350 g/mol. The zero-order valence-electron chi connectivity index (χ0n) is 16.0. The Labute approximate surface area is 165 Å². The van der Waals surface area contributed by atoms with Gasteiger partial charge in [-0.25, -0.2) is 4.98 Å². The number of rotatable bonds is 5. The number of amides is 1. The predicted octanol–water partition coefficient (Wildman–Crippen LogP) is 3.62. The molecule has 1 aliphatic heterocycles. The van der Waals surface area contributed by atoms with Crippen molar-refractivity contribution >= 4 is 5.91 Å². The molecule has 28 heavy (non-hydrogen) atoms. The molecule has 5 nitrogen and oxygen atoms in total. The van der Waals surface area contributed by atoms with Gasteiger partial charge >= 0.3 is 0 Å². The summed E-state index contributed by atoms with van der Waals surface area (Å²) in [4.78, 5) is 21.6.